The van der Waals surface area contributed by atoms with Gasteiger partial charge in [0, 0.05) is 38.6 Å². The minimum Gasteiger partial charge on any atom is -0.345 e. The first-order valence-corrected chi connectivity index (χ1v) is 10.7. The summed E-state index contributed by atoms with van der Waals surface area (Å²) in [6, 6.07) is 7.41. The Morgan fingerprint density at radius 3 is 2.19 bits per heavy atom. The second kappa shape index (κ2) is 8.27. The number of rotatable bonds is 7. The molecule has 1 aromatic carbocycles. The summed E-state index contributed by atoms with van der Waals surface area (Å²) in [6.07, 6.45) is 1.51. The molecule has 0 saturated carbocycles. The molecular weight excluding hydrogens is 362 g/mol. The molecule has 0 aliphatic heterocycles. The Bertz CT molecular complexity index is 928. The van der Waals surface area contributed by atoms with Gasteiger partial charge in [0.2, 0.25) is 10.0 Å². The van der Waals surface area contributed by atoms with Crippen molar-refractivity contribution >= 4 is 21.6 Å². The highest BCUT2D eigenvalue weighted by atomic mass is 32.2. The van der Waals surface area contributed by atoms with Gasteiger partial charge in [-0.2, -0.15) is 4.31 Å². The van der Waals surface area contributed by atoms with E-state index in [4.69, 9.17) is 0 Å². The molecule has 0 fully saturated rings. The zero-order valence-corrected chi connectivity index (χ0v) is 17.8. The molecule has 27 heavy (non-hydrogen) atoms. The van der Waals surface area contributed by atoms with Gasteiger partial charge in [-0.1, -0.05) is 31.5 Å². The van der Waals surface area contributed by atoms with Crippen molar-refractivity contribution in [3.8, 4) is 0 Å². The van der Waals surface area contributed by atoms with Crippen LogP contribution >= 0.6 is 0 Å². The van der Waals surface area contributed by atoms with Crippen LogP contribution in [0.5, 0.6) is 0 Å². The number of hydrogen-bond donors (Lipinski definition) is 0. The summed E-state index contributed by atoms with van der Waals surface area (Å²) in [5.74, 6) is -0.215. The van der Waals surface area contributed by atoms with E-state index in [0.29, 0.717) is 25.3 Å². The number of nitrogens with zero attached hydrogens (tertiary/aromatic N) is 3. The summed E-state index contributed by atoms with van der Waals surface area (Å²) in [4.78, 5) is 15.0. The van der Waals surface area contributed by atoms with Crippen LogP contribution in [0.1, 0.15) is 42.4 Å². The third-order valence-corrected chi connectivity index (χ3v) is 6.76. The van der Waals surface area contributed by atoms with E-state index in [1.807, 2.05) is 39.0 Å². The smallest absolute Gasteiger partial charge is 0.274 e. The maximum absolute atomic E-state index is 13.2. The molecule has 148 valence electrons. The van der Waals surface area contributed by atoms with Gasteiger partial charge in [-0.15, -0.1) is 0 Å². The van der Waals surface area contributed by atoms with Crippen molar-refractivity contribution in [2.45, 2.75) is 39.5 Å². The third-order valence-electron chi connectivity index (χ3n) is 4.75. The third kappa shape index (κ3) is 4.09. The molecule has 2 aromatic rings. The lowest BCUT2D eigenvalue weighted by atomic mass is 10.1. The molecule has 0 saturated heterocycles. The predicted octanol–water partition coefficient (Wildman–Crippen LogP) is 3.34. The summed E-state index contributed by atoms with van der Waals surface area (Å²) >= 11 is 0. The van der Waals surface area contributed by atoms with Crippen LogP contribution in [0.3, 0.4) is 0 Å². The number of anilines is 1. The monoisotopic (exact) mass is 391 g/mol. The van der Waals surface area contributed by atoms with E-state index < -0.39 is 10.0 Å². The maximum atomic E-state index is 13.2. The molecule has 7 heteroatoms. The highest BCUT2D eigenvalue weighted by Gasteiger charge is 2.27. The van der Waals surface area contributed by atoms with E-state index in [1.54, 1.807) is 30.4 Å². The van der Waals surface area contributed by atoms with Crippen LogP contribution in [0.25, 0.3) is 0 Å². The fourth-order valence-corrected chi connectivity index (χ4v) is 4.80. The van der Waals surface area contributed by atoms with Crippen molar-refractivity contribution < 1.29 is 13.2 Å². The second-order valence-electron chi connectivity index (χ2n) is 6.60. The summed E-state index contributed by atoms with van der Waals surface area (Å²) in [6.45, 7) is 10.8. The molecular formula is C20H29N3O3S. The summed E-state index contributed by atoms with van der Waals surface area (Å²) in [5.41, 5.74) is 3.33. The first-order valence-electron chi connectivity index (χ1n) is 9.22. The van der Waals surface area contributed by atoms with Crippen LogP contribution in [0.15, 0.2) is 35.4 Å². The summed E-state index contributed by atoms with van der Waals surface area (Å²) in [5, 5.41) is 0. The molecule has 0 bridgehead atoms. The van der Waals surface area contributed by atoms with E-state index >= 15 is 0 Å². The summed E-state index contributed by atoms with van der Waals surface area (Å²) < 4.78 is 28.5. The number of amides is 1. The molecule has 1 amide bonds. The van der Waals surface area contributed by atoms with Gasteiger partial charge < -0.3 is 9.47 Å². The first-order chi connectivity index (χ1) is 12.7. The van der Waals surface area contributed by atoms with E-state index in [0.717, 1.165) is 16.8 Å². The van der Waals surface area contributed by atoms with Gasteiger partial charge in [-0.3, -0.25) is 4.79 Å². The number of carbonyl (C=O) groups is 1. The Balaban J connectivity index is 2.46. The minimum atomic E-state index is -3.61. The maximum Gasteiger partial charge on any atom is 0.274 e. The number of sulfonamides is 1. The van der Waals surface area contributed by atoms with Crippen LogP contribution in [0, 0.1) is 13.8 Å². The Hall–Kier alpha value is -2.12. The average molecular weight is 392 g/mol. The number of carbonyl (C=O) groups excluding carboxylic acids is 1. The molecule has 0 radical (unpaired) electrons. The normalized spacial score (nSPS) is 11.8. The largest absolute Gasteiger partial charge is 0.345 e. The fourth-order valence-electron chi connectivity index (χ4n) is 3.27. The Morgan fingerprint density at radius 1 is 1.04 bits per heavy atom. The fraction of sp³-hybridized carbons (Fsp3) is 0.450. The molecule has 0 aliphatic carbocycles. The van der Waals surface area contributed by atoms with E-state index in [-0.39, 0.29) is 10.8 Å². The van der Waals surface area contributed by atoms with Gasteiger partial charge in [-0.25, -0.2) is 8.42 Å². The van der Waals surface area contributed by atoms with Gasteiger partial charge in [-0.05, 0) is 38.5 Å². The van der Waals surface area contributed by atoms with Crippen molar-refractivity contribution in [3.05, 3.63) is 47.3 Å². The SMILES string of the molecule is CCN(C(=O)c1cc(S(=O)(=O)N(CC)CC)cn1C)c1ccc(C)cc1C. The molecule has 0 unspecified atom stereocenters. The Labute approximate surface area is 162 Å². The van der Waals surface area contributed by atoms with E-state index in [9.17, 15) is 13.2 Å². The first kappa shape index (κ1) is 21.2. The van der Waals surface area contributed by atoms with Crippen LogP contribution in [0.4, 0.5) is 5.69 Å². The topological polar surface area (TPSA) is 62.6 Å². The number of hydrogen-bond acceptors (Lipinski definition) is 3. The molecule has 2 rings (SSSR count). The van der Waals surface area contributed by atoms with Gasteiger partial charge >= 0.3 is 0 Å². The van der Waals surface area contributed by atoms with Crippen LogP contribution in [0.2, 0.25) is 0 Å². The van der Waals surface area contributed by atoms with Crippen molar-refractivity contribution in [3.63, 3.8) is 0 Å². The number of aromatic nitrogens is 1. The second-order valence-corrected chi connectivity index (χ2v) is 8.54. The molecule has 1 heterocycles. The lowest BCUT2D eigenvalue weighted by Crippen LogP contribution is -2.32. The molecule has 6 nitrogen and oxygen atoms in total. The van der Waals surface area contributed by atoms with Crippen LogP contribution in [-0.4, -0.2) is 42.8 Å². The predicted molar refractivity (Wildman–Crippen MR) is 109 cm³/mol. The highest BCUT2D eigenvalue weighted by molar-refractivity contribution is 7.89. The molecule has 1 aromatic heterocycles. The van der Waals surface area contributed by atoms with Gasteiger partial charge in [0.25, 0.3) is 5.91 Å². The quantitative estimate of drug-likeness (QED) is 0.727. The lowest BCUT2D eigenvalue weighted by Gasteiger charge is -2.23. The zero-order chi connectivity index (χ0) is 20.4. The van der Waals surface area contributed by atoms with Crippen molar-refractivity contribution in [1.29, 1.82) is 0 Å². The standard InChI is InChI=1S/C20H29N3O3S/c1-7-22(8-2)27(25,26)17-13-19(21(6)14-17)20(24)23(9-3)18-11-10-15(4)12-16(18)5/h10-14H,7-9H2,1-6H3. The molecule has 0 N–H and O–H groups in total. The van der Waals surface area contributed by atoms with Crippen molar-refractivity contribution in [1.82, 2.24) is 8.87 Å². The molecule has 0 aliphatic rings. The van der Waals surface area contributed by atoms with Gasteiger partial charge in [0.15, 0.2) is 0 Å². The highest BCUT2D eigenvalue weighted by Crippen LogP contribution is 2.25. The minimum absolute atomic E-state index is 0.147. The van der Waals surface area contributed by atoms with Crippen molar-refractivity contribution in [2.24, 2.45) is 7.05 Å². The average Bonchev–Trinajstić information content (AvgIpc) is 3.00. The summed E-state index contributed by atoms with van der Waals surface area (Å²) in [7, 11) is -1.91. The Kier molecular flexibility index (Phi) is 6.49. The van der Waals surface area contributed by atoms with E-state index in [1.165, 1.54) is 16.6 Å². The van der Waals surface area contributed by atoms with Crippen LogP contribution < -0.4 is 4.90 Å². The molecule has 0 atom stereocenters. The van der Waals surface area contributed by atoms with Crippen molar-refractivity contribution in [2.75, 3.05) is 24.5 Å². The van der Waals surface area contributed by atoms with Gasteiger partial charge in [0.1, 0.15) is 10.6 Å². The molecule has 0 spiro atoms. The Morgan fingerprint density at radius 2 is 1.67 bits per heavy atom. The van der Waals surface area contributed by atoms with Gasteiger partial charge in [0.05, 0.1) is 0 Å². The number of benzene rings is 1. The lowest BCUT2D eigenvalue weighted by molar-refractivity contribution is 0.0980. The van der Waals surface area contributed by atoms with E-state index in [2.05, 4.69) is 0 Å². The zero-order valence-electron chi connectivity index (χ0n) is 17.0. The van der Waals surface area contributed by atoms with Crippen LogP contribution in [-0.2, 0) is 17.1 Å². The number of aryl methyl sites for hydroxylation is 3.